The van der Waals surface area contributed by atoms with E-state index in [2.05, 4.69) is 9.99 Å². The molecule has 16 heavy (non-hydrogen) atoms. The van der Waals surface area contributed by atoms with E-state index in [4.69, 9.17) is 4.74 Å². The molecule has 4 heteroatoms. The van der Waals surface area contributed by atoms with Crippen molar-refractivity contribution in [2.75, 3.05) is 13.7 Å². The molecule has 0 aromatic heterocycles. The van der Waals surface area contributed by atoms with Crippen LogP contribution in [0.25, 0.3) is 0 Å². The van der Waals surface area contributed by atoms with Crippen LogP contribution in [0.3, 0.4) is 0 Å². The number of carbonyl (C=O) groups is 1. The lowest BCUT2D eigenvalue weighted by Gasteiger charge is -2.07. The minimum absolute atomic E-state index is 0.197. The van der Waals surface area contributed by atoms with Gasteiger partial charge in [-0.1, -0.05) is 29.4 Å². The maximum absolute atomic E-state index is 11.7. The summed E-state index contributed by atoms with van der Waals surface area (Å²) in [6.45, 7) is 3.97. The van der Waals surface area contributed by atoms with E-state index in [1.165, 1.54) is 7.11 Å². The molecule has 0 fully saturated rings. The van der Waals surface area contributed by atoms with E-state index >= 15 is 0 Å². The second-order valence-electron chi connectivity index (χ2n) is 3.16. The van der Waals surface area contributed by atoms with Crippen molar-refractivity contribution in [1.82, 2.24) is 0 Å². The Morgan fingerprint density at radius 2 is 2.06 bits per heavy atom. The van der Waals surface area contributed by atoms with Crippen molar-refractivity contribution in [1.29, 1.82) is 0 Å². The fourth-order valence-corrected chi connectivity index (χ4v) is 1.33. The predicted octanol–water partition coefficient (Wildman–Crippen LogP) is 1.91. The van der Waals surface area contributed by atoms with Gasteiger partial charge in [-0.25, -0.2) is 4.79 Å². The number of ether oxygens (including phenoxy) is 1. The van der Waals surface area contributed by atoms with Crippen LogP contribution in [-0.2, 0) is 14.4 Å². The molecule has 0 unspecified atom stereocenters. The van der Waals surface area contributed by atoms with Gasteiger partial charge in [0.15, 0.2) is 5.71 Å². The minimum Gasteiger partial charge on any atom is -0.461 e. The van der Waals surface area contributed by atoms with Crippen LogP contribution in [0.1, 0.15) is 18.1 Å². The van der Waals surface area contributed by atoms with Crippen LogP contribution in [-0.4, -0.2) is 25.4 Å². The Kier molecular flexibility index (Phi) is 4.51. The monoisotopic (exact) mass is 221 g/mol. The number of hydrogen-bond acceptors (Lipinski definition) is 4. The zero-order chi connectivity index (χ0) is 12.0. The van der Waals surface area contributed by atoms with Crippen LogP contribution in [0.4, 0.5) is 0 Å². The smallest absolute Gasteiger partial charge is 0.361 e. The van der Waals surface area contributed by atoms with Crippen molar-refractivity contribution in [3.63, 3.8) is 0 Å². The fraction of sp³-hybridized carbons (Fsp3) is 0.333. The molecular weight excluding hydrogens is 206 g/mol. The van der Waals surface area contributed by atoms with Crippen molar-refractivity contribution in [2.45, 2.75) is 13.8 Å². The quantitative estimate of drug-likeness (QED) is 0.443. The van der Waals surface area contributed by atoms with Crippen molar-refractivity contribution in [3.8, 4) is 0 Å². The second kappa shape index (κ2) is 5.90. The van der Waals surface area contributed by atoms with Gasteiger partial charge < -0.3 is 9.57 Å². The maximum Gasteiger partial charge on any atom is 0.361 e. The Morgan fingerprint density at radius 1 is 1.38 bits per heavy atom. The standard InChI is InChI=1S/C12H15NO3/c1-4-16-12(14)11(13-15-3)10-8-6-5-7-9(10)2/h5-8H,4H2,1-3H3. The number of benzene rings is 1. The molecular formula is C12H15NO3. The molecule has 1 aromatic rings. The zero-order valence-electron chi connectivity index (χ0n) is 9.69. The molecule has 1 aromatic carbocycles. The lowest BCUT2D eigenvalue weighted by atomic mass is 10.0. The molecule has 0 aliphatic heterocycles. The summed E-state index contributed by atoms with van der Waals surface area (Å²) in [5, 5.41) is 3.72. The highest BCUT2D eigenvalue weighted by Crippen LogP contribution is 2.10. The summed E-state index contributed by atoms with van der Waals surface area (Å²) < 4.78 is 4.92. The molecule has 0 bridgehead atoms. The molecule has 0 atom stereocenters. The molecule has 0 saturated heterocycles. The molecule has 0 heterocycles. The summed E-state index contributed by atoms with van der Waals surface area (Å²) in [6.07, 6.45) is 0. The highest BCUT2D eigenvalue weighted by Gasteiger charge is 2.17. The normalized spacial score (nSPS) is 11.1. The Morgan fingerprint density at radius 3 is 2.62 bits per heavy atom. The molecule has 86 valence electrons. The minimum atomic E-state index is -0.473. The molecule has 0 aliphatic rings. The van der Waals surface area contributed by atoms with Crippen LogP contribution in [0.5, 0.6) is 0 Å². The number of carbonyl (C=O) groups excluding carboxylic acids is 1. The molecule has 0 N–H and O–H groups in total. The van der Waals surface area contributed by atoms with Gasteiger partial charge in [0.2, 0.25) is 0 Å². The first-order valence-electron chi connectivity index (χ1n) is 5.05. The Labute approximate surface area is 94.9 Å². The van der Waals surface area contributed by atoms with E-state index in [-0.39, 0.29) is 5.71 Å². The van der Waals surface area contributed by atoms with E-state index in [1.807, 2.05) is 31.2 Å². The van der Waals surface area contributed by atoms with Gasteiger partial charge >= 0.3 is 5.97 Å². The molecule has 4 nitrogen and oxygen atoms in total. The summed E-state index contributed by atoms with van der Waals surface area (Å²) >= 11 is 0. The SMILES string of the molecule is CCOC(=O)C(=NOC)c1ccccc1C. The molecule has 0 saturated carbocycles. The van der Waals surface area contributed by atoms with Gasteiger partial charge in [-0.2, -0.15) is 0 Å². The topological polar surface area (TPSA) is 47.9 Å². The van der Waals surface area contributed by atoms with Gasteiger partial charge in [0.1, 0.15) is 7.11 Å². The zero-order valence-corrected chi connectivity index (χ0v) is 9.69. The highest BCUT2D eigenvalue weighted by molar-refractivity contribution is 6.43. The Bertz CT molecular complexity index is 399. The molecule has 0 amide bonds. The largest absolute Gasteiger partial charge is 0.461 e. The van der Waals surface area contributed by atoms with E-state index in [1.54, 1.807) is 6.92 Å². The van der Waals surface area contributed by atoms with Crippen LogP contribution < -0.4 is 0 Å². The average molecular weight is 221 g/mol. The summed E-state index contributed by atoms with van der Waals surface area (Å²) in [5.41, 5.74) is 1.87. The van der Waals surface area contributed by atoms with Crippen molar-refractivity contribution < 1.29 is 14.4 Å². The van der Waals surface area contributed by atoms with Gasteiger partial charge in [0.25, 0.3) is 0 Å². The third-order valence-electron chi connectivity index (χ3n) is 2.05. The number of aryl methyl sites for hydroxylation is 1. The highest BCUT2D eigenvalue weighted by atomic mass is 16.6. The van der Waals surface area contributed by atoms with E-state index in [0.29, 0.717) is 6.61 Å². The molecule has 0 spiro atoms. The van der Waals surface area contributed by atoms with E-state index in [9.17, 15) is 4.79 Å². The summed E-state index contributed by atoms with van der Waals surface area (Å²) in [4.78, 5) is 16.3. The van der Waals surface area contributed by atoms with Gasteiger partial charge in [0, 0.05) is 5.56 Å². The van der Waals surface area contributed by atoms with Crippen LogP contribution in [0.15, 0.2) is 29.4 Å². The first-order valence-corrected chi connectivity index (χ1v) is 5.05. The summed E-state index contributed by atoms with van der Waals surface area (Å²) in [5.74, 6) is -0.473. The van der Waals surface area contributed by atoms with Crippen molar-refractivity contribution >= 4 is 11.7 Å². The van der Waals surface area contributed by atoms with Crippen LogP contribution >= 0.6 is 0 Å². The van der Waals surface area contributed by atoms with E-state index < -0.39 is 5.97 Å². The molecule has 0 aliphatic carbocycles. The van der Waals surface area contributed by atoms with Gasteiger partial charge in [-0.3, -0.25) is 0 Å². The summed E-state index contributed by atoms with van der Waals surface area (Å²) in [6, 6.07) is 7.45. The van der Waals surface area contributed by atoms with Crippen molar-refractivity contribution in [3.05, 3.63) is 35.4 Å². The fourth-order valence-electron chi connectivity index (χ4n) is 1.33. The van der Waals surface area contributed by atoms with Crippen molar-refractivity contribution in [2.24, 2.45) is 5.16 Å². The van der Waals surface area contributed by atoms with Crippen LogP contribution in [0.2, 0.25) is 0 Å². The van der Waals surface area contributed by atoms with Gasteiger partial charge in [0.05, 0.1) is 6.61 Å². The summed E-state index contributed by atoms with van der Waals surface area (Å²) in [7, 11) is 1.40. The Balaban J connectivity index is 3.09. The van der Waals surface area contributed by atoms with Gasteiger partial charge in [-0.05, 0) is 19.4 Å². The van der Waals surface area contributed by atoms with E-state index in [0.717, 1.165) is 11.1 Å². The first kappa shape index (κ1) is 12.2. The predicted molar refractivity (Wildman–Crippen MR) is 61.4 cm³/mol. The maximum atomic E-state index is 11.7. The first-order chi connectivity index (χ1) is 7.70. The third kappa shape index (κ3) is 2.82. The molecule has 0 radical (unpaired) electrons. The third-order valence-corrected chi connectivity index (χ3v) is 2.05. The van der Waals surface area contributed by atoms with Crippen LogP contribution in [0, 0.1) is 6.92 Å². The molecule has 1 rings (SSSR count). The van der Waals surface area contributed by atoms with Gasteiger partial charge in [-0.15, -0.1) is 0 Å². The second-order valence-corrected chi connectivity index (χ2v) is 3.16. The number of nitrogens with zero attached hydrogens (tertiary/aromatic N) is 1. The average Bonchev–Trinajstić information content (AvgIpc) is 2.27. The Hall–Kier alpha value is -1.84. The lowest BCUT2D eigenvalue weighted by molar-refractivity contribution is -0.135. The number of esters is 1. The number of oxime groups is 1. The number of hydrogen-bond donors (Lipinski definition) is 0. The number of rotatable bonds is 4. The lowest BCUT2D eigenvalue weighted by Crippen LogP contribution is -2.20.